The summed E-state index contributed by atoms with van der Waals surface area (Å²) in [6, 6.07) is 13.2. The summed E-state index contributed by atoms with van der Waals surface area (Å²) in [5.41, 5.74) is 1.99. The van der Waals surface area contributed by atoms with Crippen LogP contribution in [0.5, 0.6) is 0 Å². The topological polar surface area (TPSA) is 33.2 Å². The Kier molecular flexibility index (Phi) is 4.67. The number of halogens is 2. The van der Waals surface area contributed by atoms with Gasteiger partial charge in [-0.2, -0.15) is 0 Å². The minimum absolute atomic E-state index is 0.109. The van der Waals surface area contributed by atoms with Crippen molar-refractivity contribution in [3.63, 3.8) is 0 Å². The summed E-state index contributed by atoms with van der Waals surface area (Å²) in [5.74, 6) is -1.44. The molecule has 1 fully saturated rings. The number of carbonyl (C=O) groups excluding carboxylic acids is 1. The molecule has 4 rings (SSSR count). The third-order valence-corrected chi connectivity index (χ3v) is 4.70. The predicted octanol–water partition coefficient (Wildman–Crippen LogP) is 4.72. The monoisotopic (exact) mass is 364 g/mol. The Morgan fingerprint density at radius 2 is 1.96 bits per heavy atom. The third-order valence-electron chi connectivity index (χ3n) is 4.70. The first kappa shape index (κ1) is 17.3. The molecule has 0 radical (unpaired) electrons. The first-order chi connectivity index (χ1) is 13.1. The van der Waals surface area contributed by atoms with Crippen LogP contribution >= 0.6 is 0 Å². The zero-order valence-electron chi connectivity index (χ0n) is 14.6. The summed E-state index contributed by atoms with van der Waals surface area (Å²) >= 11 is 0. The van der Waals surface area contributed by atoms with E-state index in [0.717, 1.165) is 35.4 Å². The minimum Gasteiger partial charge on any atom is -0.332 e. The fourth-order valence-electron chi connectivity index (χ4n) is 3.13. The lowest BCUT2D eigenvalue weighted by Crippen LogP contribution is -2.31. The molecule has 0 saturated heterocycles. The molecule has 1 aromatic heterocycles. The number of fused-ring (bicyclic) bond motifs is 1. The molecule has 1 saturated carbocycles. The third kappa shape index (κ3) is 3.87. The van der Waals surface area contributed by atoms with Crippen molar-refractivity contribution in [3.8, 4) is 0 Å². The highest BCUT2D eigenvalue weighted by atomic mass is 19.1. The Balaban J connectivity index is 1.56. The highest BCUT2D eigenvalue weighted by molar-refractivity contribution is 5.95. The predicted molar refractivity (Wildman–Crippen MR) is 101 cm³/mol. The summed E-state index contributed by atoms with van der Waals surface area (Å²) in [5, 5.41) is 1.000. The van der Waals surface area contributed by atoms with Crippen molar-refractivity contribution in [2.75, 3.05) is 0 Å². The summed E-state index contributed by atoms with van der Waals surface area (Å²) in [6.45, 7) is 0.133. The van der Waals surface area contributed by atoms with Crippen LogP contribution in [0.25, 0.3) is 17.0 Å². The lowest BCUT2D eigenvalue weighted by atomic mass is 10.1. The van der Waals surface area contributed by atoms with E-state index in [2.05, 4.69) is 4.98 Å². The van der Waals surface area contributed by atoms with E-state index in [0.29, 0.717) is 5.56 Å². The van der Waals surface area contributed by atoms with E-state index in [4.69, 9.17) is 0 Å². The van der Waals surface area contributed by atoms with Crippen molar-refractivity contribution < 1.29 is 13.6 Å². The van der Waals surface area contributed by atoms with Gasteiger partial charge in [-0.3, -0.25) is 9.78 Å². The van der Waals surface area contributed by atoms with Crippen LogP contribution < -0.4 is 0 Å². The number of para-hydroxylation sites is 1. The molecule has 1 aliphatic carbocycles. The van der Waals surface area contributed by atoms with Gasteiger partial charge in [0.1, 0.15) is 11.6 Å². The Morgan fingerprint density at radius 1 is 1.15 bits per heavy atom. The van der Waals surface area contributed by atoms with Gasteiger partial charge in [-0.25, -0.2) is 8.78 Å². The van der Waals surface area contributed by atoms with E-state index in [1.54, 1.807) is 17.2 Å². The van der Waals surface area contributed by atoms with E-state index in [1.165, 1.54) is 18.2 Å². The number of pyridine rings is 1. The summed E-state index contributed by atoms with van der Waals surface area (Å²) in [6.07, 6.45) is 6.77. The molecule has 27 heavy (non-hydrogen) atoms. The van der Waals surface area contributed by atoms with Crippen molar-refractivity contribution in [1.29, 1.82) is 0 Å². The molecular weight excluding hydrogens is 346 g/mol. The van der Waals surface area contributed by atoms with Gasteiger partial charge in [-0.05, 0) is 31.1 Å². The Morgan fingerprint density at radius 3 is 2.74 bits per heavy atom. The smallest absolute Gasteiger partial charge is 0.247 e. The first-order valence-electron chi connectivity index (χ1n) is 8.88. The molecule has 0 spiro atoms. The number of amides is 1. The number of aromatic nitrogens is 1. The number of nitrogens with zero attached hydrogens (tertiary/aromatic N) is 2. The minimum atomic E-state index is -0.629. The average Bonchev–Trinajstić information content (AvgIpc) is 3.50. The maximum atomic E-state index is 14.0. The van der Waals surface area contributed by atoms with Gasteiger partial charge in [0.25, 0.3) is 0 Å². The van der Waals surface area contributed by atoms with Gasteiger partial charge in [0.15, 0.2) is 0 Å². The second kappa shape index (κ2) is 7.27. The molecule has 0 atom stereocenters. The molecular formula is C22H18F2N2O. The van der Waals surface area contributed by atoms with Crippen LogP contribution in [-0.2, 0) is 11.3 Å². The molecule has 0 N–H and O–H groups in total. The summed E-state index contributed by atoms with van der Waals surface area (Å²) in [4.78, 5) is 18.8. The van der Waals surface area contributed by atoms with Crippen LogP contribution in [0.1, 0.15) is 24.0 Å². The second-order valence-corrected chi connectivity index (χ2v) is 6.69. The van der Waals surface area contributed by atoms with E-state index < -0.39 is 11.6 Å². The molecule has 0 unspecified atom stereocenters. The molecule has 1 amide bonds. The number of hydrogen-bond donors (Lipinski definition) is 0. The first-order valence-corrected chi connectivity index (χ1v) is 8.88. The largest absolute Gasteiger partial charge is 0.332 e. The highest BCUT2D eigenvalue weighted by Gasteiger charge is 2.32. The van der Waals surface area contributed by atoms with Crippen LogP contribution in [-0.4, -0.2) is 21.8 Å². The van der Waals surface area contributed by atoms with Gasteiger partial charge in [0.2, 0.25) is 5.91 Å². The Hall–Kier alpha value is -3.08. The van der Waals surface area contributed by atoms with E-state index in [1.807, 2.05) is 30.3 Å². The van der Waals surface area contributed by atoms with Crippen LogP contribution in [0.3, 0.4) is 0 Å². The fraction of sp³-hybridized carbons (Fsp3) is 0.182. The van der Waals surface area contributed by atoms with E-state index >= 15 is 0 Å². The lowest BCUT2D eigenvalue weighted by Gasteiger charge is -2.21. The number of benzene rings is 2. The van der Waals surface area contributed by atoms with Crippen LogP contribution in [0.2, 0.25) is 0 Å². The van der Waals surface area contributed by atoms with Gasteiger partial charge in [-0.1, -0.05) is 30.3 Å². The normalized spacial score (nSPS) is 14.0. The van der Waals surface area contributed by atoms with Crippen LogP contribution in [0.4, 0.5) is 8.78 Å². The molecule has 2 aromatic carbocycles. The Labute approximate surface area is 156 Å². The number of rotatable bonds is 5. The zero-order chi connectivity index (χ0) is 18.8. The van der Waals surface area contributed by atoms with Gasteiger partial charge < -0.3 is 4.90 Å². The van der Waals surface area contributed by atoms with Crippen LogP contribution in [0.15, 0.2) is 60.8 Å². The quantitative estimate of drug-likeness (QED) is 0.614. The maximum Gasteiger partial charge on any atom is 0.247 e. The molecule has 136 valence electrons. The second-order valence-electron chi connectivity index (χ2n) is 6.69. The van der Waals surface area contributed by atoms with Gasteiger partial charge in [-0.15, -0.1) is 0 Å². The van der Waals surface area contributed by atoms with Gasteiger partial charge >= 0.3 is 0 Å². The average molecular weight is 364 g/mol. The Bertz CT molecular complexity index is 1020. The van der Waals surface area contributed by atoms with E-state index in [9.17, 15) is 13.6 Å². The molecule has 0 aliphatic heterocycles. The fourth-order valence-corrected chi connectivity index (χ4v) is 3.13. The number of hydrogen-bond acceptors (Lipinski definition) is 2. The lowest BCUT2D eigenvalue weighted by molar-refractivity contribution is -0.127. The molecule has 1 aliphatic rings. The summed E-state index contributed by atoms with van der Waals surface area (Å²) < 4.78 is 27.1. The highest BCUT2D eigenvalue weighted by Crippen LogP contribution is 2.29. The van der Waals surface area contributed by atoms with Gasteiger partial charge in [0, 0.05) is 47.4 Å². The molecule has 3 aromatic rings. The molecule has 0 bridgehead atoms. The summed E-state index contributed by atoms with van der Waals surface area (Å²) in [7, 11) is 0. The SMILES string of the molecule is O=C(/C=C/c1cccc2cccnc12)N(Cc1ccc(F)cc1F)C1CC1. The maximum absolute atomic E-state index is 14.0. The molecule has 3 nitrogen and oxygen atoms in total. The van der Waals surface area contributed by atoms with Crippen molar-refractivity contribution >= 4 is 22.9 Å². The van der Waals surface area contributed by atoms with Crippen molar-refractivity contribution in [2.45, 2.75) is 25.4 Å². The molecule has 1 heterocycles. The van der Waals surface area contributed by atoms with Crippen LogP contribution in [0, 0.1) is 11.6 Å². The standard InChI is InChI=1S/C22H18F2N2O/c23-18-8-6-17(20(24)13-18)14-26(19-9-10-19)21(27)11-7-16-4-1-3-15-5-2-12-25-22(15)16/h1-8,11-13,19H,9-10,14H2/b11-7+. The van der Waals surface area contributed by atoms with Crippen molar-refractivity contribution in [3.05, 3.63) is 83.6 Å². The number of carbonyl (C=O) groups is 1. The van der Waals surface area contributed by atoms with E-state index in [-0.39, 0.29) is 18.5 Å². The van der Waals surface area contributed by atoms with Crippen molar-refractivity contribution in [1.82, 2.24) is 9.88 Å². The van der Waals surface area contributed by atoms with Gasteiger partial charge in [0.05, 0.1) is 5.52 Å². The van der Waals surface area contributed by atoms with Crippen molar-refractivity contribution in [2.24, 2.45) is 0 Å². The molecule has 5 heteroatoms. The zero-order valence-corrected chi connectivity index (χ0v) is 14.6.